The smallest absolute Gasteiger partial charge is 0.277 e. The van der Waals surface area contributed by atoms with Gasteiger partial charge in [0.05, 0.1) is 0 Å². The number of carbonyl (C=O) groups excluding carboxylic acids is 1. The second kappa shape index (κ2) is 7.10. The fourth-order valence-electron chi connectivity index (χ4n) is 3.01. The number of rotatable bonds is 4. The van der Waals surface area contributed by atoms with Gasteiger partial charge in [0.15, 0.2) is 0 Å². The number of benzene rings is 3. The lowest BCUT2D eigenvalue weighted by molar-refractivity contribution is 0.0984. The Morgan fingerprint density at radius 2 is 1.69 bits per heavy atom. The molecule has 0 spiro atoms. The van der Waals surface area contributed by atoms with Crippen molar-refractivity contribution in [1.82, 2.24) is 4.98 Å². The van der Waals surface area contributed by atoms with Crippen LogP contribution in [0.3, 0.4) is 0 Å². The maximum Gasteiger partial charge on any atom is 0.277 e. The predicted molar refractivity (Wildman–Crippen MR) is 109 cm³/mol. The van der Waals surface area contributed by atoms with Crippen LogP contribution in [-0.4, -0.2) is 17.4 Å². The van der Waals surface area contributed by atoms with Crippen molar-refractivity contribution in [3.63, 3.8) is 0 Å². The molecule has 3 nitrogen and oxygen atoms in total. The molecule has 0 aliphatic heterocycles. The van der Waals surface area contributed by atoms with E-state index in [2.05, 4.69) is 29.2 Å². The van der Waals surface area contributed by atoms with Crippen molar-refractivity contribution in [2.45, 2.75) is 6.92 Å². The number of anilines is 1. The van der Waals surface area contributed by atoms with Gasteiger partial charge >= 0.3 is 0 Å². The summed E-state index contributed by atoms with van der Waals surface area (Å²) < 4.78 is 0. The molecule has 1 heterocycles. The molecule has 0 atom stereocenters. The van der Waals surface area contributed by atoms with Crippen LogP contribution < -0.4 is 4.90 Å². The Morgan fingerprint density at radius 3 is 2.46 bits per heavy atom. The Kier molecular flexibility index (Phi) is 4.50. The topological polar surface area (TPSA) is 33.2 Å². The fourth-order valence-corrected chi connectivity index (χ4v) is 3.81. The molecule has 0 aliphatic carbocycles. The Balaban J connectivity index is 1.66. The maximum absolute atomic E-state index is 13.0. The normalized spacial score (nSPS) is 10.8. The lowest BCUT2D eigenvalue weighted by Gasteiger charge is -2.20. The molecule has 1 amide bonds. The zero-order valence-corrected chi connectivity index (χ0v) is 15.2. The van der Waals surface area contributed by atoms with Crippen molar-refractivity contribution < 1.29 is 4.79 Å². The molecule has 0 aliphatic rings. The highest BCUT2D eigenvalue weighted by atomic mass is 32.1. The predicted octanol–water partition coefficient (Wildman–Crippen LogP) is 5.63. The van der Waals surface area contributed by atoms with E-state index in [4.69, 9.17) is 0 Å². The summed E-state index contributed by atoms with van der Waals surface area (Å²) in [5.74, 6) is -0.0683. The highest BCUT2D eigenvalue weighted by molar-refractivity contribution is 7.13. The largest absolute Gasteiger partial charge is 0.307 e. The molecule has 0 saturated heterocycles. The molecule has 0 saturated carbocycles. The van der Waals surface area contributed by atoms with E-state index in [1.165, 1.54) is 16.7 Å². The summed E-state index contributed by atoms with van der Waals surface area (Å²) in [7, 11) is 0. The number of amides is 1. The molecule has 4 heteroatoms. The van der Waals surface area contributed by atoms with Crippen molar-refractivity contribution in [2.24, 2.45) is 0 Å². The van der Waals surface area contributed by atoms with Gasteiger partial charge < -0.3 is 4.90 Å². The molecule has 1 aromatic heterocycles. The van der Waals surface area contributed by atoms with Gasteiger partial charge in [0.25, 0.3) is 5.91 Å². The van der Waals surface area contributed by atoms with Gasteiger partial charge in [-0.1, -0.05) is 60.7 Å². The summed E-state index contributed by atoms with van der Waals surface area (Å²) in [6, 6.07) is 24.2. The third kappa shape index (κ3) is 3.11. The molecule has 4 aromatic rings. The van der Waals surface area contributed by atoms with Crippen LogP contribution in [0.5, 0.6) is 0 Å². The minimum absolute atomic E-state index is 0.0683. The first-order chi connectivity index (χ1) is 12.8. The quantitative estimate of drug-likeness (QED) is 0.474. The van der Waals surface area contributed by atoms with Crippen molar-refractivity contribution in [1.29, 1.82) is 0 Å². The van der Waals surface area contributed by atoms with Crippen LogP contribution in [0.15, 0.2) is 78.2 Å². The van der Waals surface area contributed by atoms with Gasteiger partial charge in [-0.3, -0.25) is 4.79 Å². The number of fused-ring (bicyclic) bond motifs is 1. The number of hydrogen-bond acceptors (Lipinski definition) is 3. The lowest BCUT2D eigenvalue weighted by atomic mass is 10.1. The molecule has 3 aromatic carbocycles. The minimum Gasteiger partial charge on any atom is -0.307 e. The number of aromatic nitrogens is 1. The molecule has 0 N–H and O–H groups in total. The Hall–Kier alpha value is -2.98. The molecule has 0 unspecified atom stereocenters. The highest BCUT2D eigenvalue weighted by Crippen LogP contribution is 2.26. The van der Waals surface area contributed by atoms with E-state index in [-0.39, 0.29) is 5.91 Å². The van der Waals surface area contributed by atoms with Crippen molar-refractivity contribution in [2.75, 3.05) is 11.4 Å². The van der Waals surface area contributed by atoms with Gasteiger partial charge in [0.2, 0.25) is 0 Å². The number of thiazole rings is 1. The van der Waals surface area contributed by atoms with Crippen LogP contribution in [0.4, 0.5) is 5.69 Å². The monoisotopic (exact) mass is 358 g/mol. The fraction of sp³-hybridized carbons (Fsp3) is 0.0909. The maximum atomic E-state index is 13.0. The van der Waals surface area contributed by atoms with E-state index in [1.807, 2.05) is 60.8 Å². The number of nitrogens with zero attached hydrogens (tertiary/aromatic N) is 2. The van der Waals surface area contributed by atoms with Gasteiger partial charge in [0, 0.05) is 23.2 Å². The third-order valence-corrected chi connectivity index (χ3v) is 5.24. The van der Waals surface area contributed by atoms with Gasteiger partial charge in [-0.2, -0.15) is 0 Å². The Bertz CT molecular complexity index is 1060. The molecular weight excluding hydrogens is 340 g/mol. The molecular formula is C22H18N2OS. The molecule has 4 rings (SSSR count). The summed E-state index contributed by atoms with van der Waals surface area (Å²) in [5.41, 5.74) is 2.42. The first-order valence-corrected chi connectivity index (χ1v) is 9.46. The van der Waals surface area contributed by atoms with Crippen LogP contribution in [0.2, 0.25) is 0 Å². The molecule has 128 valence electrons. The van der Waals surface area contributed by atoms with Crippen molar-refractivity contribution >= 4 is 33.7 Å². The minimum atomic E-state index is -0.0683. The van der Waals surface area contributed by atoms with E-state index in [0.29, 0.717) is 12.2 Å². The molecule has 26 heavy (non-hydrogen) atoms. The van der Waals surface area contributed by atoms with Gasteiger partial charge in [-0.15, -0.1) is 11.3 Å². The Morgan fingerprint density at radius 1 is 0.962 bits per heavy atom. The summed E-state index contributed by atoms with van der Waals surface area (Å²) in [6.45, 7) is 2.58. The van der Waals surface area contributed by atoms with Crippen LogP contribution in [0.25, 0.3) is 21.3 Å². The van der Waals surface area contributed by atoms with Crippen molar-refractivity contribution in [3.8, 4) is 10.6 Å². The molecule has 0 radical (unpaired) electrons. The molecule has 0 fully saturated rings. The zero-order valence-electron chi connectivity index (χ0n) is 14.4. The third-order valence-electron chi connectivity index (χ3n) is 4.35. The SMILES string of the molecule is CCN(C(=O)c1csc(-c2ccccc2)n1)c1ccc2ccccc2c1. The van der Waals surface area contributed by atoms with Crippen LogP contribution >= 0.6 is 11.3 Å². The van der Waals surface area contributed by atoms with Crippen molar-refractivity contribution in [3.05, 3.63) is 83.9 Å². The first kappa shape index (κ1) is 16.5. The van der Waals surface area contributed by atoms with Gasteiger partial charge in [-0.05, 0) is 29.8 Å². The van der Waals surface area contributed by atoms with Gasteiger partial charge in [-0.25, -0.2) is 4.98 Å². The Labute approximate surface area is 156 Å². The summed E-state index contributed by atoms with van der Waals surface area (Å²) >= 11 is 1.50. The van der Waals surface area contributed by atoms with E-state index in [0.717, 1.165) is 21.6 Å². The average molecular weight is 358 g/mol. The van der Waals surface area contributed by atoms with Crippen LogP contribution in [-0.2, 0) is 0 Å². The van der Waals surface area contributed by atoms with Crippen LogP contribution in [0, 0.1) is 0 Å². The second-order valence-corrected chi connectivity index (χ2v) is 6.84. The summed E-state index contributed by atoms with van der Waals surface area (Å²) in [4.78, 5) is 19.4. The molecule has 0 bridgehead atoms. The second-order valence-electron chi connectivity index (χ2n) is 5.98. The number of hydrogen-bond donors (Lipinski definition) is 0. The van der Waals surface area contributed by atoms with Gasteiger partial charge in [0.1, 0.15) is 10.7 Å². The highest BCUT2D eigenvalue weighted by Gasteiger charge is 2.19. The summed E-state index contributed by atoms with van der Waals surface area (Å²) in [6.07, 6.45) is 0. The van der Waals surface area contributed by atoms with E-state index in [9.17, 15) is 4.79 Å². The van der Waals surface area contributed by atoms with E-state index >= 15 is 0 Å². The lowest BCUT2D eigenvalue weighted by Crippen LogP contribution is -2.30. The van der Waals surface area contributed by atoms with E-state index < -0.39 is 0 Å². The standard InChI is InChI=1S/C22H18N2OS/c1-2-24(19-13-12-16-8-6-7-11-18(16)14-19)22(25)20-15-26-21(23-20)17-9-4-3-5-10-17/h3-15H,2H2,1H3. The average Bonchev–Trinajstić information content (AvgIpc) is 3.19. The first-order valence-electron chi connectivity index (χ1n) is 8.58. The van der Waals surface area contributed by atoms with Crippen LogP contribution in [0.1, 0.15) is 17.4 Å². The van der Waals surface area contributed by atoms with E-state index in [1.54, 1.807) is 4.90 Å². The number of carbonyl (C=O) groups is 1. The zero-order chi connectivity index (χ0) is 17.9. The summed E-state index contributed by atoms with van der Waals surface area (Å²) in [5, 5.41) is 5.00.